The van der Waals surface area contributed by atoms with E-state index in [0.29, 0.717) is 13.2 Å². The second-order valence-electron chi connectivity index (χ2n) is 6.24. The molecule has 5 heteroatoms. The maximum absolute atomic E-state index is 12.1. The van der Waals surface area contributed by atoms with Crippen LogP contribution < -0.4 is 10.1 Å². The van der Waals surface area contributed by atoms with Crippen LogP contribution in [-0.2, 0) is 9.59 Å². The summed E-state index contributed by atoms with van der Waals surface area (Å²) in [5, 5.41) is 2.61. The van der Waals surface area contributed by atoms with Gasteiger partial charge in [0.05, 0.1) is 13.2 Å². The predicted molar refractivity (Wildman–Crippen MR) is 107 cm³/mol. The summed E-state index contributed by atoms with van der Waals surface area (Å²) in [6.07, 6.45) is 3.86. The molecule has 2 rings (SSSR count). The highest BCUT2D eigenvalue weighted by Crippen LogP contribution is 2.16. The van der Waals surface area contributed by atoms with Gasteiger partial charge in [0.25, 0.3) is 0 Å². The Labute approximate surface area is 160 Å². The van der Waals surface area contributed by atoms with Gasteiger partial charge < -0.3 is 15.0 Å². The Bertz CT molecular complexity index is 772. The quantitative estimate of drug-likeness (QED) is 0.548. The van der Waals surface area contributed by atoms with Crippen molar-refractivity contribution < 1.29 is 14.3 Å². The van der Waals surface area contributed by atoms with Gasteiger partial charge in [-0.1, -0.05) is 48.5 Å². The third-order valence-electron chi connectivity index (χ3n) is 4.06. The Morgan fingerprint density at radius 3 is 2.52 bits per heavy atom. The Morgan fingerprint density at radius 1 is 1.07 bits per heavy atom. The molecule has 0 spiro atoms. The summed E-state index contributed by atoms with van der Waals surface area (Å²) in [5.41, 5.74) is 2.03. The lowest BCUT2D eigenvalue weighted by molar-refractivity contribution is -0.131. The maximum atomic E-state index is 12.1. The lowest BCUT2D eigenvalue weighted by Gasteiger charge is -2.17. The van der Waals surface area contributed by atoms with Crippen molar-refractivity contribution in [3.8, 4) is 5.75 Å². The van der Waals surface area contributed by atoms with Gasteiger partial charge in [-0.25, -0.2) is 0 Å². The summed E-state index contributed by atoms with van der Waals surface area (Å²) in [6.45, 7) is 3.09. The molecule has 0 fully saturated rings. The lowest BCUT2D eigenvalue weighted by Crippen LogP contribution is -2.38. The van der Waals surface area contributed by atoms with E-state index in [9.17, 15) is 9.59 Å². The molecule has 0 radical (unpaired) electrons. The van der Waals surface area contributed by atoms with Crippen LogP contribution in [0.1, 0.15) is 17.5 Å². The van der Waals surface area contributed by atoms with E-state index in [1.165, 1.54) is 6.08 Å². The minimum atomic E-state index is -0.288. The van der Waals surface area contributed by atoms with E-state index in [-0.39, 0.29) is 18.4 Å². The molecule has 0 unspecified atom stereocenters. The third kappa shape index (κ3) is 7.36. The molecule has 2 aromatic rings. The van der Waals surface area contributed by atoms with E-state index in [2.05, 4.69) is 5.32 Å². The number of para-hydroxylation sites is 1. The van der Waals surface area contributed by atoms with Gasteiger partial charge in [-0.3, -0.25) is 9.59 Å². The van der Waals surface area contributed by atoms with Gasteiger partial charge in [0.1, 0.15) is 5.75 Å². The first-order valence-electron chi connectivity index (χ1n) is 8.99. The molecule has 0 aromatic heterocycles. The monoisotopic (exact) mass is 366 g/mol. The third-order valence-corrected chi connectivity index (χ3v) is 4.06. The molecule has 0 aliphatic heterocycles. The molecule has 142 valence electrons. The molecule has 5 nitrogen and oxygen atoms in total. The molecule has 0 aliphatic rings. The molecule has 0 atom stereocenters. The van der Waals surface area contributed by atoms with Crippen molar-refractivity contribution in [3.63, 3.8) is 0 Å². The first-order chi connectivity index (χ1) is 13.1. The average Bonchev–Trinajstić information content (AvgIpc) is 2.69. The Morgan fingerprint density at radius 2 is 1.78 bits per heavy atom. The van der Waals surface area contributed by atoms with E-state index < -0.39 is 0 Å². The van der Waals surface area contributed by atoms with Gasteiger partial charge in [-0.05, 0) is 36.6 Å². The minimum absolute atomic E-state index is 0.0207. The number of rotatable bonds is 9. The van der Waals surface area contributed by atoms with Gasteiger partial charge in [0.15, 0.2) is 0 Å². The molecule has 2 aromatic carbocycles. The highest BCUT2D eigenvalue weighted by atomic mass is 16.5. The fourth-order valence-electron chi connectivity index (χ4n) is 2.42. The van der Waals surface area contributed by atoms with Crippen LogP contribution in [0, 0.1) is 6.92 Å². The summed E-state index contributed by atoms with van der Waals surface area (Å²) in [5.74, 6) is 0.444. The van der Waals surface area contributed by atoms with Crippen LogP contribution in [0.2, 0.25) is 0 Å². The zero-order chi connectivity index (χ0) is 19.5. The standard InChI is InChI=1S/C22H26N2O3/c1-18-9-6-7-12-20(18)27-16-8-15-24(2)22(26)17-23-21(25)14-13-19-10-4-3-5-11-19/h3-7,9-14H,8,15-17H2,1-2H3,(H,23,25)/b14-13+. The number of benzene rings is 2. The summed E-state index contributed by atoms with van der Waals surface area (Å²) in [6, 6.07) is 17.4. The van der Waals surface area contributed by atoms with Crippen LogP contribution in [0.25, 0.3) is 6.08 Å². The molecular weight excluding hydrogens is 340 g/mol. The van der Waals surface area contributed by atoms with E-state index in [0.717, 1.165) is 23.3 Å². The normalized spacial score (nSPS) is 10.6. The molecule has 0 heterocycles. The van der Waals surface area contributed by atoms with Gasteiger partial charge in [-0.15, -0.1) is 0 Å². The highest BCUT2D eigenvalue weighted by molar-refractivity contribution is 5.94. The fraction of sp³-hybridized carbons (Fsp3) is 0.273. The maximum Gasteiger partial charge on any atom is 0.244 e. The topological polar surface area (TPSA) is 58.6 Å². The molecule has 0 saturated heterocycles. The summed E-state index contributed by atoms with van der Waals surface area (Å²) in [7, 11) is 1.72. The Hall–Kier alpha value is -3.08. The molecule has 2 amide bonds. The number of aryl methyl sites for hydroxylation is 1. The van der Waals surface area contributed by atoms with Crippen molar-refractivity contribution in [1.82, 2.24) is 10.2 Å². The van der Waals surface area contributed by atoms with Gasteiger partial charge in [0.2, 0.25) is 11.8 Å². The largest absolute Gasteiger partial charge is 0.493 e. The van der Waals surface area contributed by atoms with Gasteiger partial charge in [0, 0.05) is 19.7 Å². The minimum Gasteiger partial charge on any atom is -0.493 e. The summed E-state index contributed by atoms with van der Waals surface area (Å²) in [4.78, 5) is 25.5. The Balaban J connectivity index is 1.64. The fourth-order valence-corrected chi connectivity index (χ4v) is 2.42. The molecule has 1 N–H and O–H groups in total. The summed E-state index contributed by atoms with van der Waals surface area (Å²) < 4.78 is 5.72. The van der Waals surface area contributed by atoms with Crippen LogP contribution >= 0.6 is 0 Å². The molecule has 27 heavy (non-hydrogen) atoms. The van der Waals surface area contributed by atoms with Crippen molar-refractivity contribution in [2.45, 2.75) is 13.3 Å². The zero-order valence-corrected chi connectivity index (χ0v) is 15.9. The van der Waals surface area contributed by atoms with E-state index in [1.54, 1.807) is 18.0 Å². The van der Waals surface area contributed by atoms with Crippen LogP contribution in [0.3, 0.4) is 0 Å². The van der Waals surface area contributed by atoms with Crippen molar-refractivity contribution in [2.24, 2.45) is 0 Å². The number of ether oxygens (including phenoxy) is 1. The van der Waals surface area contributed by atoms with Crippen molar-refractivity contribution in [2.75, 3.05) is 26.7 Å². The number of carbonyl (C=O) groups is 2. The highest BCUT2D eigenvalue weighted by Gasteiger charge is 2.09. The summed E-state index contributed by atoms with van der Waals surface area (Å²) >= 11 is 0. The molecular formula is C22H26N2O3. The van der Waals surface area contributed by atoms with E-state index in [4.69, 9.17) is 4.74 Å². The zero-order valence-electron chi connectivity index (χ0n) is 15.9. The number of hydrogen-bond acceptors (Lipinski definition) is 3. The van der Waals surface area contributed by atoms with Crippen LogP contribution in [0.15, 0.2) is 60.7 Å². The van der Waals surface area contributed by atoms with E-state index >= 15 is 0 Å². The van der Waals surface area contributed by atoms with Crippen molar-refractivity contribution >= 4 is 17.9 Å². The number of likely N-dealkylation sites (N-methyl/N-ethyl adjacent to an activating group) is 1. The Kier molecular flexibility index (Phi) is 8.10. The lowest BCUT2D eigenvalue weighted by atomic mass is 10.2. The van der Waals surface area contributed by atoms with Gasteiger partial charge >= 0.3 is 0 Å². The SMILES string of the molecule is Cc1ccccc1OCCCN(C)C(=O)CNC(=O)/C=C/c1ccccc1. The van der Waals surface area contributed by atoms with Crippen LogP contribution in [-0.4, -0.2) is 43.5 Å². The number of carbonyl (C=O) groups excluding carboxylic acids is 2. The average molecular weight is 366 g/mol. The second-order valence-corrected chi connectivity index (χ2v) is 6.24. The number of hydrogen-bond donors (Lipinski definition) is 1. The molecule has 0 saturated carbocycles. The molecule has 0 aliphatic carbocycles. The van der Waals surface area contributed by atoms with Crippen molar-refractivity contribution in [3.05, 3.63) is 71.8 Å². The van der Waals surface area contributed by atoms with E-state index in [1.807, 2.05) is 61.5 Å². The van der Waals surface area contributed by atoms with Gasteiger partial charge in [-0.2, -0.15) is 0 Å². The number of nitrogens with one attached hydrogen (secondary N) is 1. The number of amides is 2. The number of nitrogens with zero attached hydrogens (tertiary/aromatic N) is 1. The van der Waals surface area contributed by atoms with Crippen LogP contribution in [0.4, 0.5) is 0 Å². The first-order valence-corrected chi connectivity index (χ1v) is 8.99. The predicted octanol–water partition coefficient (Wildman–Crippen LogP) is 3.05. The first kappa shape index (κ1) is 20.2. The van der Waals surface area contributed by atoms with Crippen molar-refractivity contribution in [1.29, 1.82) is 0 Å². The second kappa shape index (κ2) is 10.8. The van der Waals surface area contributed by atoms with Crippen LogP contribution in [0.5, 0.6) is 5.75 Å². The molecule has 0 bridgehead atoms. The smallest absolute Gasteiger partial charge is 0.244 e.